The number of halogens is 1. The van der Waals surface area contributed by atoms with Crippen molar-refractivity contribution in [1.82, 2.24) is 4.90 Å². The third-order valence-corrected chi connectivity index (χ3v) is 4.09. The lowest BCUT2D eigenvalue weighted by atomic mass is 10.1. The molecule has 0 bridgehead atoms. The van der Waals surface area contributed by atoms with Gasteiger partial charge in [-0.1, -0.05) is 25.5 Å². The first-order valence-corrected chi connectivity index (χ1v) is 7.24. The van der Waals surface area contributed by atoms with Crippen molar-refractivity contribution in [2.24, 2.45) is 5.92 Å². The number of carbonyl (C=O) groups excluding carboxylic acids is 2. The zero-order chi connectivity index (χ0) is 13.1. The highest BCUT2D eigenvalue weighted by molar-refractivity contribution is 14.1. The molecule has 3 nitrogen and oxygen atoms in total. The van der Waals surface area contributed by atoms with Crippen LogP contribution < -0.4 is 0 Å². The normalized spacial score (nSPS) is 19.3. The summed E-state index contributed by atoms with van der Waals surface area (Å²) in [5.74, 6) is 0.555. The van der Waals surface area contributed by atoms with Crippen LogP contribution in [-0.4, -0.2) is 29.7 Å². The number of carbonyl (C=O) groups is 2. The third kappa shape index (κ3) is 3.10. The Balaban J connectivity index is 1.99. The molecule has 1 unspecified atom stereocenters. The molecule has 1 amide bonds. The van der Waals surface area contributed by atoms with Crippen LogP contribution in [0.4, 0.5) is 0 Å². The van der Waals surface area contributed by atoms with E-state index in [4.69, 9.17) is 0 Å². The molecule has 18 heavy (non-hydrogen) atoms. The molecular weight excluding hydrogens is 341 g/mol. The Morgan fingerprint density at radius 1 is 1.39 bits per heavy atom. The van der Waals surface area contributed by atoms with E-state index in [2.05, 4.69) is 29.5 Å². The lowest BCUT2D eigenvalue weighted by Gasteiger charge is -2.15. The van der Waals surface area contributed by atoms with Gasteiger partial charge in [-0.25, -0.2) is 0 Å². The van der Waals surface area contributed by atoms with Crippen molar-refractivity contribution in [3.8, 4) is 0 Å². The minimum Gasteiger partial charge on any atom is -0.335 e. The smallest absolute Gasteiger partial charge is 0.223 e. The summed E-state index contributed by atoms with van der Waals surface area (Å²) < 4.78 is 1.10. The molecule has 4 heteroatoms. The Bertz CT molecular complexity index is 455. The van der Waals surface area contributed by atoms with Gasteiger partial charge in [0.25, 0.3) is 0 Å². The number of likely N-dealkylation sites (tertiary alicyclic amines) is 1. The molecule has 1 atom stereocenters. The average Bonchev–Trinajstić information content (AvgIpc) is 2.71. The third-order valence-electron chi connectivity index (χ3n) is 3.37. The van der Waals surface area contributed by atoms with Gasteiger partial charge in [-0.3, -0.25) is 9.59 Å². The van der Waals surface area contributed by atoms with Crippen LogP contribution in [-0.2, 0) is 4.79 Å². The summed E-state index contributed by atoms with van der Waals surface area (Å²) in [4.78, 5) is 25.5. The maximum Gasteiger partial charge on any atom is 0.223 e. The first-order valence-electron chi connectivity index (χ1n) is 6.16. The maximum absolute atomic E-state index is 12.1. The monoisotopic (exact) mass is 357 g/mol. The van der Waals surface area contributed by atoms with E-state index < -0.39 is 0 Å². The quantitative estimate of drug-likeness (QED) is 0.614. The van der Waals surface area contributed by atoms with Gasteiger partial charge in [0.15, 0.2) is 5.78 Å². The van der Waals surface area contributed by atoms with Crippen LogP contribution in [0.15, 0.2) is 24.3 Å². The number of benzene rings is 1. The van der Waals surface area contributed by atoms with Gasteiger partial charge >= 0.3 is 0 Å². The van der Waals surface area contributed by atoms with Gasteiger partial charge in [-0.2, -0.15) is 0 Å². The minimum absolute atomic E-state index is 0.0245. The summed E-state index contributed by atoms with van der Waals surface area (Å²) in [7, 11) is 0. The minimum atomic E-state index is 0.0245. The molecule has 1 saturated heterocycles. The molecule has 0 aliphatic carbocycles. The molecular formula is C14H16INO2. The molecule has 0 saturated carbocycles. The summed E-state index contributed by atoms with van der Waals surface area (Å²) in [5.41, 5.74) is 0.683. The summed E-state index contributed by atoms with van der Waals surface area (Å²) in [6.07, 6.45) is 1.59. The van der Waals surface area contributed by atoms with Crippen LogP contribution in [0, 0.1) is 9.49 Å². The van der Waals surface area contributed by atoms with E-state index in [-0.39, 0.29) is 18.2 Å². The molecule has 1 heterocycles. The van der Waals surface area contributed by atoms with Gasteiger partial charge in [0, 0.05) is 22.1 Å². The molecule has 0 radical (unpaired) electrons. The average molecular weight is 357 g/mol. The van der Waals surface area contributed by atoms with E-state index in [0.717, 1.165) is 16.5 Å². The zero-order valence-corrected chi connectivity index (χ0v) is 12.5. The van der Waals surface area contributed by atoms with Crippen molar-refractivity contribution in [3.63, 3.8) is 0 Å². The first kappa shape index (κ1) is 13.5. The number of nitrogens with zero attached hydrogens (tertiary/aromatic N) is 1. The molecule has 1 fully saturated rings. The zero-order valence-electron chi connectivity index (χ0n) is 10.4. The van der Waals surface area contributed by atoms with Gasteiger partial charge in [-0.15, -0.1) is 0 Å². The number of hydrogen-bond acceptors (Lipinski definition) is 2. The largest absolute Gasteiger partial charge is 0.335 e. The number of hydrogen-bond donors (Lipinski definition) is 0. The van der Waals surface area contributed by atoms with Gasteiger partial charge < -0.3 is 4.90 Å². The lowest BCUT2D eigenvalue weighted by molar-refractivity contribution is -0.127. The molecule has 96 valence electrons. The Hall–Kier alpha value is -0.910. The Morgan fingerprint density at radius 2 is 2.06 bits per heavy atom. The van der Waals surface area contributed by atoms with Gasteiger partial charge in [-0.05, 0) is 40.6 Å². The lowest BCUT2D eigenvalue weighted by Crippen LogP contribution is -2.31. The number of amides is 1. The second kappa shape index (κ2) is 5.82. The predicted molar refractivity (Wildman–Crippen MR) is 78.5 cm³/mol. The molecule has 1 aliphatic rings. The van der Waals surface area contributed by atoms with Crippen molar-refractivity contribution in [1.29, 1.82) is 0 Å². The fourth-order valence-electron chi connectivity index (χ4n) is 2.18. The van der Waals surface area contributed by atoms with Crippen molar-refractivity contribution >= 4 is 34.3 Å². The Morgan fingerprint density at radius 3 is 2.61 bits per heavy atom. The molecule has 2 rings (SSSR count). The maximum atomic E-state index is 12.1. The van der Waals surface area contributed by atoms with Crippen LogP contribution in [0.2, 0.25) is 0 Å². The van der Waals surface area contributed by atoms with Crippen molar-refractivity contribution in [2.75, 3.05) is 13.1 Å². The summed E-state index contributed by atoms with van der Waals surface area (Å²) >= 11 is 2.21. The van der Waals surface area contributed by atoms with Crippen LogP contribution in [0.1, 0.15) is 30.1 Å². The van der Waals surface area contributed by atoms with Crippen molar-refractivity contribution < 1.29 is 9.59 Å². The molecule has 0 aromatic heterocycles. The van der Waals surface area contributed by atoms with Crippen LogP contribution in [0.5, 0.6) is 0 Å². The van der Waals surface area contributed by atoms with Crippen molar-refractivity contribution in [2.45, 2.75) is 19.8 Å². The fraction of sp³-hybridized carbons (Fsp3) is 0.429. The van der Waals surface area contributed by atoms with E-state index in [1.165, 1.54) is 0 Å². The topological polar surface area (TPSA) is 37.4 Å². The van der Waals surface area contributed by atoms with Crippen LogP contribution >= 0.6 is 22.6 Å². The first-order chi connectivity index (χ1) is 8.60. The molecule has 1 aromatic carbocycles. The highest BCUT2D eigenvalue weighted by Gasteiger charge is 2.29. The number of rotatable bonds is 4. The van der Waals surface area contributed by atoms with Gasteiger partial charge in [0.2, 0.25) is 5.91 Å². The van der Waals surface area contributed by atoms with E-state index in [0.29, 0.717) is 17.9 Å². The molecule has 1 aliphatic heterocycles. The van der Waals surface area contributed by atoms with Gasteiger partial charge in [0.1, 0.15) is 0 Å². The SMILES string of the molecule is CCC1CC(=O)N(CC(=O)c2ccc(I)cc2)C1. The fourth-order valence-corrected chi connectivity index (χ4v) is 2.54. The van der Waals surface area contributed by atoms with E-state index >= 15 is 0 Å². The second-order valence-electron chi connectivity index (χ2n) is 4.68. The molecule has 1 aromatic rings. The number of ketones is 1. The summed E-state index contributed by atoms with van der Waals surface area (Å²) in [5, 5.41) is 0. The predicted octanol–water partition coefficient (Wildman–Crippen LogP) is 2.73. The van der Waals surface area contributed by atoms with Crippen LogP contribution in [0.25, 0.3) is 0 Å². The van der Waals surface area contributed by atoms with Crippen LogP contribution in [0.3, 0.4) is 0 Å². The molecule has 0 spiro atoms. The Kier molecular flexibility index (Phi) is 4.37. The summed E-state index contributed by atoms with van der Waals surface area (Å²) in [6.45, 7) is 3.03. The van der Waals surface area contributed by atoms with E-state index in [1.807, 2.05) is 24.3 Å². The highest BCUT2D eigenvalue weighted by Crippen LogP contribution is 2.20. The van der Waals surface area contributed by atoms with E-state index in [1.54, 1.807) is 4.90 Å². The standard InChI is InChI=1S/C14H16INO2/c1-2-10-7-14(18)16(8-10)9-13(17)11-3-5-12(15)6-4-11/h3-6,10H,2,7-9H2,1H3. The number of Topliss-reactive ketones (excluding diaryl/α,β-unsaturated/α-hetero) is 1. The second-order valence-corrected chi connectivity index (χ2v) is 5.93. The highest BCUT2D eigenvalue weighted by atomic mass is 127. The van der Waals surface area contributed by atoms with E-state index in [9.17, 15) is 9.59 Å². The van der Waals surface area contributed by atoms with Gasteiger partial charge in [0.05, 0.1) is 6.54 Å². The van der Waals surface area contributed by atoms with Crippen molar-refractivity contribution in [3.05, 3.63) is 33.4 Å². The summed E-state index contributed by atoms with van der Waals surface area (Å²) in [6, 6.07) is 7.47. The molecule has 0 N–H and O–H groups in total. The Labute approximate surface area is 121 Å².